The normalized spacial score (nSPS) is 36.6. The predicted molar refractivity (Wildman–Crippen MR) is 113 cm³/mol. The molecule has 0 aliphatic heterocycles. The number of nitrogens with zero attached hydrogens (tertiary/aromatic N) is 1. The molecule has 4 nitrogen and oxygen atoms in total. The Morgan fingerprint density at radius 3 is 2.07 bits per heavy atom. The van der Waals surface area contributed by atoms with Crippen LogP contribution in [0.2, 0.25) is 0 Å². The van der Waals surface area contributed by atoms with Crippen molar-refractivity contribution in [3.8, 4) is 0 Å². The van der Waals surface area contributed by atoms with Crippen molar-refractivity contribution in [1.29, 1.82) is 0 Å². The fraction of sp³-hybridized carbons (Fsp3) is 0.958. The fourth-order valence-electron chi connectivity index (χ4n) is 7.44. The molecule has 1 N–H and O–H groups in total. The molecule has 4 aliphatic rings. The Balaban J connectivity index is 1.75. The number of carbonyl (C=O) groups excluding carboxylic acids is 1. The van der Waals surface area contributed by atoms with Gasteiger partial charge in [0.05, 0.1) is 0 Å². The van der Waals surface area contributed by atoms with Gasteiger partial charge in [0.25, 0.3) is 0 Å². The zero-order valence-corrected chi connectivity index (χ0v) is 19.0. The highest BCUT2D eigenvalue weighted by molar-refractivity contribution is 5.69. The second-order valence-electron chi connectivity index (χ2n) is 12.0. The number of carbonyl (C=O) groups is 1. The Morgan fingerprint density at radius 1 is 0.964 bits per heavy atom. The molecule has 0 aromatic rings. The van der Waals surface area contributed by atoms with Crippen molar-refractivity contribution >= 4 is 6.09 Å². The van der Waals surface area contributed by atoms with Gasteiger partial charge in [0, 0.05) is 18.7 Å². The van der Waals surface area contributed by atoms with Gasteiger partial charge in [-0.25, -0.2) is 4.79 Å². The molecule has 4 fully saturated rings. The second kappa shape index (κ2) is 7.81. The molecule has 4 heteroatoms. The molecule has 4 bridgehead atoms. The summed E-state index contributed by atoms with van der Waals surface area (Å²) < 4.78 is 5.90. The molecule has 4 atom stereocenters. The number of rotatable bonds is 8. The molecule has 1 amide bonds. The first-order chi connectivity index (χ1) is 13.0. The lowest BCUT2D eigenvalue weighted by Crippen LogP contribution is -2.66. The van der Waals surface area contributed by atoms with Crippen LogP contribution in [-0.2, 0) is 4.74 Å². The van der Waals surface area contributed by atoms with E-state index in [1.54, 1.807) is 0 Å². The van der Waals surface area contributed by atoms with E-state index >= 15 is 0 Å². The molecule has 0 heterocycles. The van der Waals surface area contributed by atoms with Crippen molar-refractivity contribution in [2.24, 2.45) is 16.7 Å². The summed E-state index contributed by atoms with van der Waals surface area (Å²) in [6, 6.07) is 0. The van der Waals surface area contributed by atoms with Gasteiger partial charge < -0.3 is 14.7 Å². The van der Waals surface area contributed by atoms with Crippen LogP contribution >= 0.6 is 0 Å². The van der Waals surface area contributed by atoms with Crippen LogP contribution in [0.15, 0.2) is 0 Å². The van der Waals surface area contributed by atoms with E-state index in [2.05, 4.69) is 18.7 Å². The van der Waals surface area contributed by atoms with Crippen molar-refractivity contribution in [3.63, 3.8) is 0 Å². The molecule has 0 aromatic heterocycles. The molecule has 4 saturated carbocycles. The number of ether oxygens (including phenoxy) is 1. The minimum absolute atomic E-state index is 0.00362. The van der Waals surface area contributed by atoms with E-state index in [0.717, 1.165) is 57.4 Å². The van der Waals surface area contributed by atoms with E-state index in [-0.39, 0.29) is 18.2 Å². The fourth-order valence-corrected chi connectivity index (χ4v) is 7.44. The van der Waals surface area contributed by atoms with Crippen LogP contribution in [0.25, 0.3) is 0 Å². The van der Waals surface area contributed by atoms with Crippen LogP contribution in [0.4, 0.5) is 4.79 Å². The molecule has 4 rings (SSSR count). The summed E-state index contributed by atoms with van der Waals surface area (Å²) in [6.07, 6.45) is 12.6. The number of hydrogen-bond acceptors (Lipinski definition) is 3. The van der Waals surface area contributed by atoms with Crippen molar-refractivity contribution in [2.75, 3.05) is 13.2 Å². The Bertz CT molecular complexity index is 549. The van der Waals surface area contributed by atoms with E-state index in [1.807, 2.05) is 20.8 Å². The summed E-state index contributed by atoms with van der Waals surface area (Å²) in [5.74, 6) is 0.765. The maximum Gasteiger partial charge on any atom is 0.410 e. The summed E-state index contributed by atoms with van der Waals surface area (Å²) >= 11 is 0. The van der Waals surface area contributed by atoms with Crippen LogP contribution < -0.4 is 0 Å². The van der Waals surface area contributed by atoms with Gasteiger partial charge in [0.1, 0.15) is 5.60 Å². The van der Waals surface area contributed by atoms with E-state index in [9.17, 15) is 4.79 Å². The lowest BCUT2D eigenvalue weighted by molar-refractivity contribution is -0.157. The zero-order chi connectivity index (χ0) is 20.6. The molecular weight excluding hydrogens is 350 g/mol. The Hall–Kier alpha value is -0.770. The van der Waals surface area contributed by atoms with Crippen LogP contribution in [0.3, 0.4) is 0 Å². The van der Waals surface area contributed by atoms with Crippen LogP contribution in [0.5, 0.6) is 0 Å². The van der Waals surface area contributed by atoms with Crippen molar-refractivity contribution in [3.05, 3.63) is 0 Å². The molecule has 28 heavy (non-hydrogen) atoms. The van der Waals surface area contributed by atoms with Gasteiger partial charge in [-0.2, -0.15) is 0 Å². The minimum Gasteiger partial charge on any atom is -0.444 e. The number of unbranched alkanes of at least 4 members (excludes halogenated alkanes) is 4. The van der Waals surface area contributed by atoms with E-state index in [1.165, 1.54) is 25.7 Å². The topological polar surface area (TPSA) is 49.8 Å². The number of amides is 1. The third kappa shape index (κ3) is 4.86. The van der Waals surface area contributed by atoms with Crippen LogP contribution in [-0.4, -0.2) is 40.4 Å². The third-order valence-corrected chi connectivity index (χ3v) is 7.32. The number of hydrogen-bond donors (Lipinski definition) is 1. The molecule has 0 aromatic carbocycles. The van der Waals surface area contributed by atoms with E-state index in [4.69, 9.17) is 9.84 Å². The smallest absolute Gasteiger partial charge is 0.410 e. The monoisotopic (exact) mass is 393 g/mol. The molecule has 0 saturated heterocycles. The summed E-state index contributed by atoms with van der Waals surface area (Å²) in [5, 5.41) is 8.97. The maximum absolute atomic E-state index is 13.3. The van der Waals surface area contributed by atoms with Gasteiger partial charge in [-0.1, -0.05) is 33.1 Å². The molecule has 162 valence electrons. The first-order valence-corrected chi connectivity index (χ1v) is 11.6. The van der Waals surface area contributed by atoms with Gasteiger partial charge in [0.15, 0.2) is 0 Å². The Morgan fingerprint density at radius 2 is 1.54 bits per heavy atom. The quantitative estimate of drug-likeness (QED) is 0.521. The average Bonchev–Trinajstić information content (AvgIpc) is 2.48. The first-order valence-electron chi connectivity index (χ1n) is 11.6. The Labute approximate surface area is 172 Å². The van der Waals surface area contributed by atoms with Crippen LogP contribution in [0.1, 0.15) is 105 Å². The maximum atomic E-state index is 13.3. The SMILES string of the molecule is CC(C)(C)OC(=O)N(CCCCCCCO)C12CC3C[C@@](C)(C1)C[C@](C)(C3)C2. The lowest BCUT2D eigenvalue weighted by Gasteiger charge is -2.67. The Kier molecular flexibility index (Phi) is 6.12. The van der Waals surface area contributed by atoms with E-state index < -0.39 is 5.60 Å². The molecule has 2 unspecified atom stereocenters. The summed E-state index contributed by atoms with van der Waals surface area (Å²) in [5.41, 5.74) is 0.314. The van der Waals surface area contributed by atoms with Gasteiger partial charge in [0.2, 0.25) is 0 Å². The van der Waals surface area contributed by atoms with Gasteiger partial charge in [-0.15, -0.1) is 0 Å². The van der Waals surface area contributed by atoms with Gasteiger partial charge >= 0.3 is 6.09 Å². The summed E-state index contributed by atoms with van der Waals surface area (Å²) in [6.45, 7) is 11.9. The molecular formula is C24H43NO3. The third-order valence-electron chi connectivity index (χ3n) is 7.32. The highest BCUT2D eigenvalue weighted by atomic mass is 16.6. The van der Waals surface area contributed by atoms with E-state index in [0.29, 0.717) is 10.8 Å². The second-order valence-corrected chi connectivity index (χ2v) is 12.0. The van der Waals surface area contributed by atoms with Gasteiger partial charge in [-0.05, 0) is 88.9 Å². The average molecular weight is 394 g/mol. The largest absolute Gasteiger partial charge is 0.444 e. The molecule has 0 spiro atoms. The first kappa shape index (κ1) is 21.9. The number of aliphatic hydroxyl groups is 1. The highest BCUT2D eigenvalue weighted by Crippen LogP contribution is 2.67. The van der Waals surface area contributed by atoms with Crippen molar-refractivity contribution < 1.29 is 14.6 Å². The predicted octanol–water partition coefficient (Wildman–Crippen LogP) is 5.92. The van der Waals surface area contributed by atoms with Crippen molar-refractivity contribution in [1.82, 2.24) is 4.90 Å². The summed E-state index contributed by atoms with van der Waals surface area (Å²) in [4.78, 5) is 15.5. The lowest BCUT2D eigenvalue weighted by atomic mass is 9.42. The standard InChI is InChI=1S/C24H43NO3/c1-21(2,3)28-20(27)25(11-9-7-6-8-10-12-26)24-15-19-13-22(4,17-24)16-23(5,14-19)18-24/h19,26H,6-18H2,1-5H3/t19?,22-,23+,24?. The minimum atomic E-state index is -0.452. The van der Waals surface area contributed by atoms with Crippen LogP contribution in [0, 0.1) is 16.7 Å². The molecule has 0 radical (unpaired) electrons. The molecule has 4 aliphatic carbocycles. The number of aliphatic hydroxyl groups excluding tert-OH is 1. The zero-order valence-electron chi connectivity index (χ0n) is 19.0. The highest BCUT2D eigenvalue weighted by Gasteiger charge is 2.62. The van der Waals surface area contributed by atoms with Crippen molar-refractivity contribution in [2.45, 2.75) is 116 Å². The summed E-state index contributed by atoms with van der Waals surface area (Å²) in [7, 11) is 0. The van der Waals surface area contributed by atoms with Gasteiger partial charge in [-0.3, -0.25) is 0 Å².